The lowest BCUT2D eigenvalue weighted by Gasteiger charge is -2.34. The number of rotatable bonds is 4. The number of fused-ring (bicyclic) bond motifs is 1. The van der Waals surface area contributed by atoms with Crippen molar-refractivity contribution in [2.75, 3.05) is 19.8 Å². The maximum Gasteiger partial charge on any atom is 0.255 e. The highest BCUT2D eigenvalue weighted by Gasteiger charge is 2.30. The third kappa shape index (κ3) is 3.60. The van der Waals surface area contributed by atoms with Crippen molar-refractivity contribution in [3.05, 3.63) is 23.8 Å². The van der Waals surface area contributed by atoms with Gasteiger partial charge in [0.1, 0.15) is 13.2 Å². The average Bonchev–Trinajstić information content (AvgIpc) is 2.46. The van der Waals surface area contributed by atoms with Crippen molar-refractivity contribution in [2.45, 2.75) is 26.3 Å². The topological polar surface area (TPSA) is 73.6 Å². The minimum Gasteiger partial charge on any atom is -0.486 e. The van der Waals surface area contributed by atoms with Crippen LogP contribution in [0.2, 0.25) is 0 Å². The molecule has 0 aromatic heterocycles. The number of hydrogen-bond acceptors (Lipinski definition) is 4. The predicted octanol–water partition coefficient (Wildman–Crippen LogP) is 1.98. The molecule has 1 aliphatic rings. The highest BCUT2D eigenvalue weighted by atomic mass is 35.5. The molecule has 1 aromatic rings. The molecule has 2 rings (SSSR count). The number of halogens is 1. The van der Waals surface area contributed by atoms with Crippen molar-refractivity contribution in [3.8, 4) is 11.5 Å². The minimum absolute atomic E-state index is 0. The minimum atomic E-state index is -0.449. The first-order valence-electron chi connectivity index (χ1n) is 6.89. The van der Waals surface area contributed by atoms with E-state index in [1.165, 1.54) is 0 Å². The Hall–Kier alpha value is -1.46. The summed E-state index contributed by atoms with van der Waals surface area (Å²) in [6.45, 7) is 7.35. The second-order valence-corrected chi connectivity index (χ2v) is 5.56. The molecule has 6 heteroatoms. The quantitative estimate of drug-likeness (QED) is 0.891. The summed E-state index contributed by atoms with van der Waals surface area (Å²) in [6.07, 6.45) is 0. The molecule has 0 aliphatic carbocycles. The lowest BCUT2D eigenvalue weighted by molar-refractivity contribution is 0.0872. The van der Waals surface area contributed by atoms with E-state index in [0.717, 1.165) is 0 Å². The van der Waals surface area contributed by atoms with E-state index in [0.29, 0.717) is 36.8 Å². The number of amides is 1. The number of carbonyl (C=O) groups excluding carboxylic acids is 1. The van der Waals surface area contributed by atoms with Gasteiger partial charge in [-0.15, -0.1) is 12.4 Å². The van der Waals surface area contributed by atoms with Crippen molar-refractivity contribution in [3.63, 3.8) is 0 Å². The summed E-state index contributed by atoms with van der Waals surface area (Å²) < 4.78 is 11.1. The fraction of sp³-hybridized carbons (Fsp3) is 0.533. The normalized spacial score (nSPS) is 15.9. The van der Waals surface area contributed by atoms with Gasteiger partial charge in [0, 0.05) is 6.54 Å². The predicted molar refractivity (Wildman–Crippen MR) is 84.4 cm³/mol. The third-order valence-electron chi connectivity index (χ3n) is 3.91. The molecule has 0 saturated carbocycles. The Balaban J connectivity index is 0.00000220. The second kappa shape index (κ2) is 7.00. The van der Waals surface area contributed by atoms with E-state index in [-0.39, 0.29) is 24.2 Å². The monoisotopic (exact) mass is 314 g/mol. The number of benzene rings is 1. The van der Waals surface area contributed by atoms with Crippen LogP contribution < -0.4 is 20.5 Å². The van der Waals surface area contributed by atoms with Crippen molar-refractivity contribution in [2.24, 2.45) is 11.7 Å². The Kier molecular flexibility index (Phi) is 5.87. The average molecular weight is 315 g/mol. The summed E-state index contributed by atoms with van der Waals surface area (Å²) in [7, 11) is 0. The van der Waals surface area contributed by atoms with Crippen LogP contribution in [0, 0.1) is 5.92 Å². The molecule has 5 nitrogen and oxygen atoms in total. The van der Waals surface area contributed by atoms with E-state index in [4.69, 9.17) is 15.2 Å². The molecule has 1 atom stereocenters. The van der Waals surface area contributed by atoms with E-state index in [1.54, 1.807) is 18.2 Å². The number of ether oxygens (including phenoxy) is 2. The summed E-state index contributed by atoms with van der Waals surface area (Å²) in [5.41, 5.74) is 5.84. The van der Waals surface area contributed by atoms with Gasteiger partial charge in [0.15, 0.2) is 11.5 Å². The fourth-order valence-corrected chi connectivity index (χ4v) is 2.01. The molecule has 118 valence electrons. The summed E-state index contributed by atoms with van der Waals surface area (Å²) in [5, 5.41) is 3.01. The molecule has 1 unspecified atom stereocenters. The lowest BCUT2D eigenvalue weighted by Crippen LogP contribution is -2.55. The van der Waals surface area contributed by atoms with Crippen LogP contribution in [0.3, 0.4) is 0 Å². The molecule has 1 aliphatic heterocycles. The van der Waals surface area contributed by atoms with Gasteiger partial charge in [-0.1, -0.05) is 19.9 Å². The van der Waals surface area contributed by atoms with E-state index in [1.807, 2.05) is 20.8 Å². The Morgan fingerprint density at radius 2 is 2.05 bits per heavy atom. The second-order valence-electron chi connectivity index (χ2n) is 5.56. The van der Waals surface area contributed by atoms with Crippen molar-refractivity contribution >= 4 is 18.3 Å². The van der Waals surface area contributed by atoms with Gasteiger partial charge in [-0.25, -0.2) is 0 Å². The van der Waals surface area contributed by atoms with Crippen molar-refractivity contribution < 1.29 is 14.3 Å². The van der Waals surface area contributed by atoms with Gasteiger partial charge in [0.2, 0.25) is 0 Å². The van der Waals surface area contributed by atoms with Crippen LogP contribution in [0.5, 0.6) is 11.5 Å². The summed E-state index contributed by atoms with van der Waals surface area (Å²) in [4.78, 5) is 12.5. The van der Waals surface area contributed by atoms with Gasteiger partial charge in [0.25, 0.3) is 5.91 Å². The molecule has 0 fully saturated rings. The Morgan fingerprint density at radius 3 is 2.67 bits per heavy atom. The highest BCUT2D eigenvalue weighted by Crippen LogP contribution is 2.33. The Morgan fingerprint density at radius 1 is 1.38 bits per heavy atom. The molecular weight excluding hydrogens is 292 g/mol. The largest absolute Gasteiger partial charge is 0.486 e. The summed E-state index contributed by atoms with van der Waals surface area (Å²) in [6, 6.07) is 5.33. The SMILES string of the molecule is CC(C)C(C)(CN)NC(=O)c1cccc2c1OCCO2.Cl. The number of hydrogen-bond donors (Lipinski definition) is 2. The van der Waals surface area contributed by atoms with Crippen LogP contribution in [0.1, 0.15) is 31.1 Å². The summed E-state index contributed by atoms with van der Waals surface area (Å²) >= 11 is 0. The lowest BCUT2D eigenvalue weighted by atomic mass is 9.88. The van der Waals surface area contributed by atoms with Crippen LogP contribution in [0.4, 0.5) is 0 Å². The molecule has 0 radical (unpaired) electrons. The Bertz CT molecular complexity index is 508. The molecule has 0 bridgehead atoms. The number of carbonyl (C=O) groups is 1. The van der Waals surface area contributed by atoms with Crippen LogP contribution in [0.15, 0.2) is 18.2 Å². The zero-order valence-electron chi connectivity index (χ0n) is 12.6. The van der Waals surface area contributed by atoms with Crippen LogP contribution in [-0.4, -0.2) is 31.2 Å². The molecule has 1 heterocycles. The first kappa shape index (κ1) is 17.6. The fourth-order valence-electron chi connectivity index (χ4n) is 2.01. The van der Waals surface area contributed by atoms with Crippen LogP contribution in [0.25, 0.3) is 0 Å². The van der Waals surface area contributed by atoms with Gasteiger partial charge in [-0.2, -0.15) is 0 Å². The Labute approximate surface area is 131 Å². The van der Waals surface area contributed by atoms with Crippen molar-refractivity contribution in [1.29, 1.82) is 0 Å². The van der Waals surface area contributed by atoms with E-state index >= 15 is 0 Å². The zero-order chi connectivity index (χ0) is 14.8. The molecule has 21 heavy (non-hydrogen) atoms. The number of nitrogens with one attached hydrogen (secondary N) is 1. The zero-order valence-corrected chi connectivity index (χ0v) is 13.5. The third-order valence-corrected chi connectivity index (χ3v) is 3.91. The van der Waals surface area contributed by atoms with E-state index in [9.17, 15) is 4.79 Å². The van der Waals surface area contributed by atoms with Gasteiger partial charge in [-0.05, 0) is 25.0 Å². The van der Waals surface area contributed by atoms with Gasteiger partial charge >= 0.3 is 0 Å². The van der Waals surface area contributed by atoms with E-state index < -0.39 is 5.54 Å². The van der Waals surface area contributed by atoms with Crippen molar-refractivity contribution in [1.82, 2.24) is 5.32 Å². The molecule has 1 amide bonds. The first-order chi connectivity index (χ1) is 9.48. The van der Waals surface area contributed by atoms with Gasteiger partial charge in [-0.3, -0.25) is 4.79 Å². The molecular formula is C15H23ClN2O3. The highest BCUT2D eigenvalue weighted by molar-refractivity contribution is 5.98. The van der Waals surface area contributed by atoms with E-state index in [2.05, 4.69) is 5.32 Å². The first-order valence-corrected chi connectivity index (χ1v) is 6.89. The standard InChI is InChI=1S/C15H22N2O3.ClH/c1-10(2)15(3,9-16)17-14(18)11-5-4-6-12-13(11)20-8-7-19-12;/h4-6,10H,7-9,16H2,1-3H3,(H,17,18);1H. The maximum absolute atomic E-state index is 12.5. The van der Waals surface area contributed by atoms with Crippen LogP contribution >= 0.6 is 12.4 Å². The molecule has 1 aromatic carbocycles. The van der Waals surface area contributed by atoms with Gasteiger partial charge < -0.3 is 20.5 Å². The van der Waals surface area contributed by atoms with Gasteiger partial charge in [0.05, 0.1) is 11.1 Å². The van der Waals surface area contributed by atoms with Crippen LogP contribution in [-0.2, 0) is 0 Å². The summed E-state index contributed by atoms with van der Waals surface area (Å²) in [5.74, 6) is 1.17. The number of nitrogens with two attached hydrogens (primary N) is 1. The smallest absolute Gasteiger partial charge is 0.255 e. The molecule has 0 spiro atoms. The number of para-hydroxylation sites is 1. The molecule has 3 N–H and O–H groups in total. The maximum atomic E-state index is 12.5. The molecule has 0 saturated heterocycles.